The minimum atomic E-state index is -0.398. The maximum absolute atomic E-state index is 9.97. The summed E-state index contributed by atoms with van der Waals surface area (Å²) in [5.41, 5.74) is 0.947. The number of rotatable bonds is 6. The maximum atomic E-state index is 9.97. The van der Waals surface area contributed by atoms with Gasteiger partial charge in [-0.15, -0.1) is 0 Å². The molecule has 0 amide bonds. The first-order valence-corrected chi connectivity index (χ1v) is 6.08. The minimum Gasteiger partial charge on any atom is -0.491 e. The fraction of sp³-hybridized carbons (Fsp3) is 0.571. The maximum Gasteiger partial charge on any atom is 0.119 e. The molecule has 0 fully saturated rings. The van der Waals surface area contributed by atoms with Gasteiger partial charge in [0.2, 0.25) is 0 Å². The molecule has 0 spiro atoms. The van der Waals surface area contributed by atoms with Gasteiger partial charge < -0.3 is 14.7 Å². The van der Waals surface area contributed by atoms with Crippen molar-refractivity contribution in [2.45, 2.75) is 32.5 Å². The van der Waals surface area contributed by atoms with Crippen LogP contribution in [0.5, 0.6) is 5.75 Å². The van der Waals surface area contributed by atoms with Gasteiger partial charge in [-0.05, 0) is 52.1 Å². The highest BCUT2D eigenvalue weighted by Gasteiger charge is 2.08. The highest BCUT2D eigenvalue weighted by atomic mass is 16.5. The number of nitrogens with zero attached hydrogens (tertiary/aromatic N) is 1. The summed E-state index contributed by atoms with van der Waals surface area (Å²) in [6.07, 6.45) is 0.530. The molecule has 96 valence electrons. The van der Waals surface area contributed by atoms with Gasteiger partial charge in [0.1, 0.15) is 5.75 Å². The second-order valence-corrected chi connectivity index (χ2v) is 4.84. The first kappa shape index (κ1) is 14.0. The van der Waals surface area contributed by atoms with E-state index in [4.69, 9.17) is 4.74 Å². The number of aliphatic hydroxyl groups excluding tert-OH is 1. The molecule has 0 aliphatic heterocycles. The van der Waals surface area contributed by atoms with Crippen molar-refractivity contribution in [3.05, 3.63) is 29.8 Å². The zero-order chi connectivity index (χ0) is 12.8. The van der Waals surface area contributed by atoms with Crippen LogP contribution in [-0.4, -0.2) is 36.8 Å². The molecule has 0 heterocycles. The lowest BCUT2D eigenvalue weighted by molar-refractivity contribution is 0.154. The van der Waals surface area contributed by atoms with Crippen molar-refractivity contribution in [1.29, 1.82) is 0 Å². The van der Waals surface area contributed by atoms with Crippen LogP contribution in [0.1, 0.15) is 31.9 Å². The molecule has 1 rings (SSSR count). The Bertz CT molecular complexity index is 319. The monoisotopic (exact) mass is 237 g/mol. The first-order valence-electron chi connectivity index (χ1n) is 6.08. The van der Waals surface area contributed by atoms with Crippen LogP contribution in [-0.2, 0) is 0 Å². The molecule has 3 heteroatoms. The molecule has 0 aliphatic carbocycles. The Hall–Kier alpha value is -1.06. The molecule has 3 nitrogen and oxygen atoms in total. The molecule has 1 unspecified atom stereocenters. The van der Waals surface area contributed by atoms with E-state index >= 15 is 0 Å². The van der Waals surface area contributed by atoms with Crippen molar-refractivity contribution >= 4 is 0 Å². The number of aliphatic hydroxyl groups is 1. The van der Waals surface area contributed by atoms with Gasteiger partial charge >= 0.3 is 0 Å². The fourth-order valence-corrected chi connectivity index (χ4v) is 1.59. The topological polar surface area (TPSA) is 32.7 Å². The van der Waals surface area contributed by atoms with Crippen molar-refractivity contribution in [3.8, 4) is 5.75 Å². The molecule has 1 N–H and O–H groups in total. The Morgan fingerprint density at radius 2 is 1.76 bits per heavy atom. The molecule has 0 radical (unpaired) electrons. The van der Waals surface area contributed by atoms with Gasteiger partial charge in [-0.2, -0.15) is 0 Å². The Balaban J connectivity index is 2.54. The second kappa shape index (κ2) is 6.62. The van der Waals surface area contributed by atoms with E-state index in [0.717, 1.165) is 24.3 Å². The molecule has 0 aliphatic rings. The quantitative estimate of drug-likeness (QED) is 0.825. The van der Waals surface area contributed by atoms with E-state index < -0.39 is 6.10 Å². The highest BCUT2D eigenvalue weighted by Crippen LogP contribution is 2.20. The van der Waals surface area contributed by atoms with Crippen LogP contribution < -0.4 is 4.74 Å². The van der Waals surface area contributed by atoms with Gasteiger partial charge in [-0.1, -0.05) is 12.1 Å². The summed E-state index contributed by atoms with van der Waals surface area (Å²) in [6, 6.07) is 7.68. The molecular weight excluding hydrogens is 214 g/mol. The fourth-order valence-electron chi connectivity index (χ4n) is 1.59. The van der Waals surface area contributed by atoms with Crippen LogP contribution in [0, 0.1) is 0 Å². The van der Waals surface area contributed by atoms with Crippen molar-refractivity contribution in [1.82, 2.24) is 4.90 Å². The Labute approximate surface area is 104 Å². The van der Waals surface area contributed by atoms with E-state index in [2.05, 4.69) is 4.90 Å². The third-order valence-electron chi connectivity index (χ3n) is 2.49. The summed E-state index contributed by atoms with van der Waals surface area (Å²) in [5, 5.41) is 9.97. The number of ether oxygens (including phenoxy) is 1. The summed E-state index contributed by atoms with van der Waals surface area (Å²) >= 11 is 0. The Morgan fingerprint density at radius 1 is 1.18 bits per heavy atom. The zero-order valence-electron chi connectivity index (χ0n) is 11.2. The Morgan fingerprint density at radius 3 is 2.24 bits per heavy atom. The number of benzene rings is 1. The molecule has 0 saturated carbocycles. The smallest absolute Gasteiger partial charge is 0.119 e. The molecule has 1 atom stereocenters. The van der Waals surface area contributed by atoms with Crippen molar-refractivity contribution < 1.29 is 9.84 Å². The van der Waals surface area contributed by atoms with E-state index in [0.29, 0.717) is 0 Å². The molecule has 1 aromatic carbocycles. The average molecular weight is 237 g/mol. The highest BCUT2D eigenvalue weighted by molar-refractivity contribution is 5.28. The first-order chi connectivity index (χ1) is 7.99. The summed E-state index contributed by atoms with van der Waals surface area (Å²) in [6.45, 7) is 4.88. The van der Waals surface area contributed by atoms with Gasteiger partial charge in [0.15, 0.2) is 0 Å². The predicted octanol–water partition coefficient (Wildman–Crippen LogP) is 2.46. The van der Waals surface area contributed by atoms with Crippen LogP contribution in [0.4, 0.5) is 0 Å². The standard InChI is InChI=1S/C14H23NO2/c1-11(2)17-13-7-5-12(6-8-13)14(16)9-10-15(3)4/h5-8,11,14,16H,9-10H2,1-4H3. The van der Waals surface area contributed by atoms with Crippen LogP contribution in [0.2, 0.25) is 0 Å². The lowest BCUT2D eigenvalue weighted by Crippen LogP contribution is -2.15. The van der Waals surface area contributed by atoms with Crippen LogP contribution in [0.25, 0.3) is 0 Å². The zero-order valence-corrected chi connectivity index (χ0v) is 11.2. The van der Waals surface area contributed by atoms with Gasteiger partial charge in [0.05, 0.1) is 12.2 Å². The van der Waals surface area contributed by atoms with Crippen molar-refractivity contribution in [2.24, 2.45) is 0 Å². The molecule has 0 aromatic heterocycles. The normalized spacial score (nSPS) is 13.1. The largest absolute Gasteiger partial charge is 0.491 e. The predicted molar refractivity (Wildman–Crippen MR) is 70.3 cm³/mol. The summed E-state index contributed by atoms with van der Waals surface area (Å²) in [7, 11) is 4.01. The van der Waals surface area contributed by atoms with Crippen LogP contribution in [0.3, 0.4) is 0 Å². The second-order valence-electron chi connectivity index (χ2n) is 4.84. The van der Waals surface area contributed by atoms with Crippen molar-refractivity contribution in [3.63, 3.8) is 0 Å². The van der Waals surface area contributed by atoms with Gasteiger partial charge in [-0.3, -0.25) is 0 Å². The lowest BCUT2D eigenvalue weighted by atomic mass is 10.1. The van der Waals surface area contributed by atoms with E-state index in [1.54, 1.807) is 0 Å². The van der Waals surface area contributed by atoms with Gasteiger partial charge in [0.25, 0.3) is 0 Å². The van der Waals surface area contributed by atoms with E-state index in [1.165, 1.54) is 0 Å². The SMILES string of the molecule is CC(C)Oc1ccc(C(O)CCN(C)C)cc1. The third kappa shape index (κ3) is 5.20. The van der Waals surface area contributed by atoms with E-state index in [9.17, 15) is 5.11 Å². The Kier molecular flexibility index (Phi) is 5.45. The van der Waals surface area contributed by atoms with E-state index in [1.807, 2.05) is 52.2 Å². The average Bonchev–Trinajstić information content (AvgIpc) is 2.26. The number of hydrogen-bond acceptors (Lipinski definition) is 3. The summed E-state index contributed by atoms with van der Waals surface area (Å²) < 4.78 is 5.56. The van der Waals surface area contributed by atoms with Gasteiger partial charge in [0, 0.05) is 6.54 Å². The van der Waals surface area contributed by atoms with Crippen molar-refractivity contribution in [2.75, 3.05) is 20.6 Å². The molecule has 0 bridgehead atoms. The summed E-state index contributed by atoms with van der Waals surface area (Å²) in [4.78, 5) is 2.07. The molecular formula is C14H23NO2. The van der Waals surface area contributed by atoms with E-state index in [-0.39, 0.29) is 6.10 Å². The summed E-state index contributed by atoms with van der Waals surface area (Å²) in [5.74, 6) is 0.851. The minimum absolute atomic E-state index is 0.180. The molecule has 17 heavy (non-hydrogen) atoms. The lowest BCUT2D eigenvalue weighted by Gasteiger charge is -2.15. The third-order valence-corrected chi connectivity index (χ3v) is 2.49. The number of hydrogen-bond donors (Lipinski definition) is 1. The van der Waals surface area contributed by atoms with Crippen LogP contribution >= 0.6 is 0 Å². The molecule has 0 saturated heterocycles. The molecule has 1 aromatic rings. The van der Waals surface area contributed by atoms with Gasteiger partial charge in [-0.25, -0.2) is 0 Å². The van der Waals surface area contributed by atoms with Crippen LogP contribution in [0.15, 0.2) is 24.3 Å².